The summed E-state index contributed by atoms with van der Waals surface area (Å²) in [4.78, 5) is 19.5. The van der Waals surface area contributed by atoms with Crippen molar-refractivity contribution >= 4 is 11.6 Å². The van der Waals surface area contributed by atoms with E-state index in [1.54, 1.807) is 0 Å². The molecule has 1 amide bonds. The van der Waals surface area contributed by atoms with Crippen molar-refractivity contribution < 1.29 is 9.53 Å². The quantitative estimate of drug-likeness (QED) is 0.698. The van der Waals surface area contributed by atoms with Gasteiger partial charge < -0.3 is 15.0 Å². The van der Waals surface area contributed by atoms with Crippen LogP contribution in [0.3, 0.4) is 0 Å². The third kappa shape index (κ3) is 6.19. The third-order valence-corrected chi connectivity index (χ3v) is 5.67. The van der Waals surface area contributed by atoms with Gasteiger partial charge in [-0.15, -0.1) is 0 Å². The molecule has 1 aromatic carbocycles. The van der Waals surface area contributed by atoms with E-state index in [0.29, 0.717) is 0 Å². The number of morpholine rings is 1. The van der Waals surface area contributed by atoms with Crippen molar-refractivity contribution in [3.05, 3.63) is 30.3 Å². The van der Waals surface area contributed by atoms with Crippen molar-refractivity contribution in [2.45, 2.75) is 25.8 Å². The van der Waals surface area contributed by atoms with E-state index < -0.39 is 0 Å². The Bertz CT molecular complexity index is 555. The molecule has 2 aliphatic heterocycles. The number of para-hydroxylation sites is 1. The molecule has 150 valence electrons. The van der Waals surface area contributed by atoms with Gasteiger partial charge in [-0.25, -0.2) is 0 Å². The zero-order valence-corrected chi connectivity index (χ0v) is 16.6. The molecule has 6 nitrogen and oxygen atoms in total. The van der Waals surface area contributed by atoms with Gasteiger partial charge >= 0.3 is 0 Å². The summed E-state index contributed by atoms with van der Waals surface area (Å²) in [7, 11) is 0. The molecular formula is C21H34N4O2. The first-order valence-electron chi connectivity index (χ1n) is 10.4. The minimum atomic E-state index is -0.0556. The van der Waals surface area contributed by atoms with Crippen LogP contribution in [0.15, 0.2) is 30.3 Å². The Morgan fingerprint density at radius 3 is 2.44 bits per heavy atom. The van der Waals surface area contributed by atoms with E-state index in [2.05, 4.69) is 50.3 Å². The lowest BCUT2D eigenvalue weighted by Crippen LogP contribution is -2.49. The number of amides is 1. The summed E-state index contributed by atoms with van der Waals surface area (Å²) in [6.07, 6.45) is 2.18. The Morgan fingerprint density at radius 2 is 1.74 bits per heavy atom. The van der Waals surface area contributed by atoms with Gasteiger partial charge in [0.1, 0.15) is 0 Å². The lowest BCUT2D eigenvalue weighted by Gasteiger charge is -2.36. The second-order valence-electron chi connectivity index (χ2n) is 7.49. The summed E-state index contributed by atoms with van der Waals surface area (Å²) in [5, 5.41) is 3.10. The van der Waals surface area contributed by atoms with Gasteiger partial charge in [0.15, 0.2) is 0 Å². The van der Waals surface area contributed by atoms with Crippen molar-refractivity contribution in [1.82, 2.24) is 15.1 Å². The van der Waals surface area contributed by atoms with Gasteiger partial charge in [-0.3, -0.25) is 14.6 Å². The average molecular weight is 375 g/mol. The Kier molecular flexibility index (Phi) is 7.93. The van der Waals surface area contributed by atoms with Crippen LogP contribution >= 0.6 is 0 Å². The summed E-state index contributed by atoms with van der Waals surface area (Å²) in [5.74, 6) is 0.147. The van der Waals surface area contributed by atoms with Gasteiger partial charge in [0.2, 0.25) is 5.91 Å². The Balaban J connectivity index is 1.25. The van der Waals surface area contributed by atoms with Crippen molar-refractivity contribution in [3.8, 4) is 0 Å². The number of benzene rings is 1. The fraction of sp³-hybridized carbons (Fsp3) is 0.667. The normalized spacial score (nSPS) is 20.4. The fourth-order valence-electron chi connectivity index (χ4n) is 3.82. The largest absolute Gasteiger partial charge is 0.379 e. The minimum absolute atomic E-state index is 0.0556. The number of hydrogen-bond acceptors (Lipinski definition) is 5. The molecule has 2 fully saturated rings. The minimum Gasteiger partial charge on any atom is -0.379 e. The SMILES string of the molecule is CC(C(=O)NCCCCN1CCN(c2ccccc2)CC1)N1CCOCC1. The highest BCUT2D eigenvalue weighted by Gasteiger charge is 2.22. The van der Waals surface area contributed by atoms with E-state index in [4.69, 9.17) is 4.74 Å². The van der Waals surface area contributed by atoms with E-state index in [0.717, 1.165) is 78.4 Å². The Morgan fingerprint density at radius 1 is 1.04 bits per heavy atom. The molecule has 6 heteroatoms. The molecule has 0 radical (unpaired) electrons. The lowest BCUT2D eigenvalue weighted by atomic mass is 10.2. The van der Waals surface area contributed by atoms with Crippen molar-refractivity contribution in [1.29, 1.82) is 0 Å². The van der Waals surface area contributed by atoms with Crippen LogP contribution in [0.4, 0.5) is 5.69 Å². The summed E-state index contributed by atoms with van der Waals surface area (Å²) in [6.45, 7) is 11.5. The van der Waals surface area contributed by atoms with Gasteiger partial charge in [-0.1, -0.05) is 18.2 Å². The number of ether oxygens (including phenoxy) is 1. The first kappa shape index (κ1) is 20.1. The molecule has 0 spiro atoms. The topological polar surface area (TPSA) is 48.1 Å². The smallest absolute Gasteiger partial charge is 0.237 e. The van der Waals surface area contributed by atoms with Crippen LogP contribution in [0.2, 0.25) is 0 Å². The highest BCUT2D eigenvalue weighted by molar-refractivity contribution is 5.81. The zero-order valence-electron chi connectivity index (χ0n) is 16.6. The van der Waals surface area contributed by atoms with E-state index in [1.807, 2.05) is 6.92 Å². The van der Waals surface area contributed by atoms with Gasteiger partial charge in [0.25, 0.3) is 0 Å². The van der Waals surface area contributed by atoms with Crippen LogP contribution in [0, 0.1) is 0 Å². The number of unbranched alkanes of at least 4 members (excludes halogenated alkanes) is 1. The standard InChI is InChI=1S/C21H34N4O2/c1-19(24-15-17-27-18-16-24)21(26)22-9-5-6-10-23-11-13-25(14-12-23)20-7-3-2-4-8-20/h2-4,7-8,19H,5-6,9-18H2,1H3,(H,22,26). The van der Waals surface area contributed by atoms with Gasteiger partial charge in [0, 0.05) is 51.5 Å². The second kappa shape index (κ2) is 10.6. The molecule has 1 N–H and O–H groups in total. The van der Waals surface area contributed by atoms with Crippen LogP contribution in [0.5, 0.6) is 0 Å². The van der Waals surface area contributed by atoms with Gasteiger partial charge in [-0.05, 0) is 38.4 Å². The fourth-order valence-corrected chi connectivity index (χ4v) is 3.82. The molecular weight excluding hydrogens is 340 g/mol. The monoisotopic (exact) mass is 374 g/mol. The molecule has 1 unspecified atom stereocenters. The lowest BCUT2D eigenvalue weighted by molar-refractivity contribution is -0.127. The van der Waals surface area contributed by atoms with Crippen molar-refractivity contribution in [2.24, 2.45) is 0 Å². The van der Waals surface area contributed by atoms with Crippen LogP contribution in [-0.4, -0.2) is 87.3 Å². The van der Waals surface area contributed by atoms with Crippen LogP contribution < -0.4 is 10.2 Å². The van der Waals surface area contributed by atoms with E-state index in [-0.39, 0.29) is 11.9 Å². The Labute approximate surface area is 163 Å². The molecule has 3 rings (SSSR count). The maximum absolute atomic E-state index is 12.3. The number of carbonyl (C=O) groups excluding carboxylic acids is 1. The number of hydrogen-bond donors (Lipinski definition) is 1. The molecule has 1 atom stereocenters. The van der Waals surface area contributed by atoms with Crippen LogP contribution in [0.1, 0.15) is 19.8 Å². The number of nitrogens with one attached hydrogen (secondary N) is 1. The van der Waals surface area contributed by atoms with Crippen LogP contribution in [-0.2, 0) is 9.53 Å². The number of nitrogens with zero attached hydrogens (tertiary/aromatic N) is 3. The van der Waals surface area contributed by atoms with Crippen molar-refractivity contribution in [3.63, 3.8) is 0 Å². The summed E-state index contributed by atoms with van der Waals surface area (Å²) in [6, 6.07) is 10.6. The summed E-state index contributed by atoms with van der Waals surface area (Å²) in [5.41, 5.74) is 1.33. The molecule has 0 bridgehead atoms. The molecule has 0 aromatic heterocycles. The molecule has 2 saturated heterocycles. The molecule has 0 aliphatic carbocycles. The summed E-state index contributed by atoms with van der Waals surface area (Å²) >= 11 is 0. The molecule has 27 heavy (non-hydrogen) atoms. The first-order valence-corrected chi connectivity index (χ1v) is 10.4. The number of piperazine rings is 1. The highest BCUT2D eigenvalue weighted by atomic mass is 16.5. The average Bonchev–Trinajstić information content (AvgIpc) is 2.74. The maximum Gasteiger partial charge on any atom is 0.237 e. The predicted molar refractivity (Wildman–Crippen MR) is 109 cm³/mol. The number of anilines is 1. The molecule has 0 saturated carbocycles. The first-order chi connectivity index (χ1) is 13.2. The molecule has 2 aliphatic rings. The zero-order chi connectivity index (χ0) is 18.9. The summed E-state index contributed by atoms with van der Waals surface area (Å²) < 4.78 is 5.35. The third-order valence-electron chi connectivity index (χ3n) is 5.67. The van der Waals surface area contributed by atoms with Crippen molar-refractivity contribution in [2.75, 3.05) is 70.5 Å². The Hall–Kier alpha value is -1.63. The van der Waals surface area contributed by atoms with Gasteiger partial charge in [-0.2, -0.15) is 0 Å². The predicted octanol–water partition coefficient (Wildman–Crippen LogP) is 1.43. The van der Waals surface area contributed by atoms with E-state index in [1.165, 1.54) is 5.69 Å². The highest BCUT2D eigenvalue weighted by Crippen LogP contribution is 2.15. The van der Waals surface area contributed by atoms with Crippen LogP contribution in [0.25, 0.3) is 0 Å². The number of carbonyl (C=O) groups is 1. The van der Waals surface area contributed by atoms with E-state index >= 15 is 0 Å². The van der Waals surface area contributed by atoms with E-state index in [9.17, 15) is 4.79 Å². The molecule has 1 aromatic rings. The number of rotatable bonds is 8. The van der Waals surface area contributed by atoms with Gasteiger partial charge in [0.05, 0.1) is 19.3 Å². The molecule has 2 heterocycles. The maximum atomic E-state index is 12.3. The second-order valence-corrected chi connectivity index (χ2v) is 7.49.